The number of amides is 4. The zero-order valence-corrected chi connectivity index (χ0v) is 14.7. The summed E-state index contributed by atoms with van der Waals surface area (Å²) in [6.45, 7) is 5.20. The van der Waals surface area contributed by atoms with Crippen LogP contribution in [0.2, 0.25) is 0 Å². The Bertz CT molecular complexity index is 628. The van der Waals surface area contributed by atoms with Crippen LogP contribution in [-0.4, -0.2) is 41.9 Å². The number of nitrogens with one attached hydrogen (secondary N) is 2. The molecule has 1 saturated heterocycles. The number of carbonyl (C=O) groups is 3. The van der Waals surface area contributed by atoms with Crippen molar-refractivity contribution in [2.24, 2.45) is 11.7 Å². The predicted molar refractivity (Wildman–Crippen MR) is 94.8 cm³/mol. The molecule has 0 bridgehead atoms. The minimum Gasteiger partial charge on any atom is -0.369 e. The summed E-state index contributed by atoms with van der Waals surface area (Å²) in [6.07, 6.45) is 1.52. The summed E-state index contributed by atoms with van der Waals surface area (Å²) in [5.74, 6) is -0.706. The number of piperidine rings is 1. The second-order valence-electron chi connectivity index (χ2n) is 6.67. The van der Waals surface area contributed by atoms with Gasteiger partial charge in [-0.15, -0.1) is 0 Å². The molecule has 1 aromatic rings. The van der Waals surface area contributed by atoms with Gasteiger partial charge in [-0.1, -0.05) is 12.1 Å². The minimum absolute atomic E-state index is 0.0776. The Morgan fingerprint density at radius 1 is 1.24 bits per heavy atom. The zero-order chi connectivity index (χ0) is 18.4. The molecule has 0 aromatic heterocycles. The third-order valence-corrected chi connectivity index (χ3v) is 4.18. The van der Waals surface area contributed by atoms with Gasteiger partial charge in [-0.3, -0.25) is 9.59 Å². The van der Waals surface area contributed by atoms with Gasteiger partial charge in [-0.2, -0.15) is 0 Å². The van der Waals surface area contributed by atoms with Crippen molar-refractivity contribution in [3.8, 4) is 0 Å². The predicted octanol–water partition coefficient (Wildman–Crippen LogP) is 1.23. The smallest absolute Gasteiger partial charge is 0.315 e. The van der Waals surface area contributed by atoms with E-state index in [1.807, 2.05) is 26.0 Å². The van der Waals surface area contributed by atoms with Crippen LogP contribution in [0.15, 0.2) is 24.3 Å². The van der Waals surface area contributed by atoms with E-state index in [4.69, 9.17) is 5.73 Å². The maximum absolute atomic E-state index is 12.6. The highest BCUT2D eigenvalue weighted by Crippen LogP contribution is 2.18. The van der Waals surface area contributed by atoms with Crippen molar-refractivity contribution in [3.63, 3.8) is 0 Å². The van der Waals surface area contributed by atoms with Crippen LogP contribution in [0.5, 0.6) is 0 Å². The van der Waals surface area contributed by atoms with Crippen LogP contribution in [0, 0.1) is 5.92 Å². The van der Waals surface area contributed by atoms with Gasteiger partial charge >= 0.3 is 6.03 Å². The van der Waals surface area contributed by atoms with Crippen molar-refractivity contribution in [1.29, 1.82) is 0 Å². The maximum Gasteiger partial charge on any atom is 0.315 e. The highest BCUT2D eigenvalue weighted by Gasteiger charge is 2.27. The summed E-state index contributed by atoms with van der Waals surface area (Å²) < 4.78 is 0. The van der Waals surface area contributed by atoms with Crippen molar-refractivity contribution in [2.75, 3.05) is 13.1 Å². The molecule has 1 aliphatic rings. The topological polar surface area (TPSA) is 105 Å². The minimum atomic E-state index is -0.349. The van der Waals surface area contributed by atoms with Gasteiger partial charge in [0.2, 0.25) is 5.91 Å². The van der Waals surface area contributed by atoms with Gasteiger partial charge in [-0.25, -0.2) is 4.79 Å². The highest BCUT2D eigenvalue weighted by molar-refractivity contribution is 5.94. The van der Waals surface area contributed by atoms with Gasteiger partial charge in [0, 0.05) is 31.2 Å². The van der Waals surface area contributed by atoms with E-state index >= 15 is 0 Å². The number of primary amides is 1. The van der Waals surface area contributed by atoms with Crippen molar-refractivity contribution in [1.82, 2.24) is 15.5 Å². The van der Waals surface area contributed by atoms with Gasteiger partial charge in [0.05, 0.1) is 5.92 Å². The van der Waals surface area contributed by atoms with E-state index < -0.39 is 0 Å². The Balaban J connectivity index is 1.91. The SMILES string of the molecule is CC(C)NC(=O)NCc1ccc(C(=O)N2CCC[C@@H](C(N)=O)C2)cc1. The third-order valence-electron chi connectivity index (χ3n) is 4.18. The van der Waals surface area contributed by atoms with E-state index in [0.29, 0.717) is 25.2 Å². The Morgan fingerprint density at radius 3 is 2.52 bits per heavy atom. The first-order valence-electron chi connectivity index (χ1n) is 8.58. The largest absolute Gasteiger partial charge is 0.369 e. The molecule has 136 valence electrons. The van der Waals surface area contributed by atoms with Crippen LogP contribution in [0.4, 0.5) is 4.79 Å². The third kappa shape index (κ3) is 5.48. The molecule has 0 aliphatic carbocycles. The lowest BCUT2D eigenvalue weighted by atomic mass is 9.97. The van der Waals surface area contributed by atoms with E-state index in [0.717, 1.165) is 18.4 Å². The number of hydrogen-bond acceptors (Lipinski definition) is 3. The van der Waals surface area contributed by atoms with E-state index in [1.54, 1.807) is 17.0 Å². The fourth-order valence-electron chi connectivity index (χ4n) is 2.84. The van der Waals surface area contributed by atoms with E-state index in [2.05, 4.69) is 10.6 Å². The molecule has 4 N–H and O–H groups in total. The Kier molecular flexibility index (Phi) is 6.38. The molecule has 1 aliphatic heterocycles. The molecular weight excluding hydrogens is 320 g/mol. The molecule has 0 saturated carbocycles. The fraction of sp³-hybridized carbons (Fsp3) is 0.500. The molecule has 0 spiro atoms. The summed E-state index contributed by atoms with van der Waals surface area (Å²) in [4.78, 5) is 37.2. The lowest BCUT2D eigenvalue weighted by Crippen LogP contribution is -2.44. The molecule has 2 rings (SSSR count). The van der Waals surface area contributed by atoms with Gasteiger partial charge in [0.1, 0.15) is 0 Å². The number of urea groups is 1. The van der Waals surface area contributed by atoms with Crippen LogP contribution < -0.4 is 16.4 Å². The van der Waals surface area contributed by atoms with E-state index in [1.165, 1.54) is 0 Å². The summed E-state index contributed by atoms with van der Waals surface area (Å²) >= 11 is 0. The molecule has 1 fully saturated rings. The summed E-state index contributed by atoms with van der Waals surface area (Å²) in [6, 6.07) is 6.98. The second-order valence-corrected chi connectivity index (χ2v) is 6.67. The van der Waals surface area contributed by atoms with Crippen molar-refractivity contribution in [3.05, 3.63) is 35.4 Å². The normalized spacial score (nSPS) is 17.2. The first kappa shape index (κ1) is 18.8. The molecule has 7 heteroatoms. The number of hydrogen-bond donors (Lipinski definition) is 3. The van der Waals surface area contributed by atoms with Gasteiger partial charge in [-0.05, 0) is 44.4 Å². The quantitative estimate of drug-likeness (QED) is 0.747. The van der Waals surface area contributed by atoms with Crippen LogP contribution in [-0.2, 0) is 11.3 Å². The van der Waals surface area contributed by atoms with Crippen molar-refractivity contribution >= 4 is 17.8 Å². The van der Waals surface area contributed by atoms with Gasteiger partial charge in [0.25, 0.3) is 5.91 Å². The number of nitrogens with zero attached hydrogens (tertiary/aromatic N) is 1. The average Bonchev–Trinajstić information content (AvgIpc) is 2.59. The number of rotatable bonds is 5. The Labute approximate surface area is 147 Å². The number of benzene rings is 1. The number of carbonyl (C=O) groups excluding carboxylic acids is 3. The zero-order valence-electron chi connectivity index (χ0n) is 14.7. The van der Waals surface area contributed by atoms with Crippen LogP contribution in [0.1, 0.15) is 42.6 Å². The molecule has 1 heterocycles. The van der Waals surface area contributed by atoms with Crippen LogP contribution >= 0.6 is 0 Å². The van der Waals surface area contributed by atoms with Crippen LogP contribution in [0.3, 0.4) is 0 Å². The Morgan fingerprint density at radius 2 is 1.92 bits per heavy atom. The molecule has 0 radical (unpaired) electrons. The van der Waals surface area contributed by atoms with Gasteiger partial charge < -0.3 is 21.3 Å². The first-order chi connectivity index (χ1) is 11.9. The lowest BCUT2D eigenvalue weighted by Gasteiger charge is -2.31. The summed E-state index contributed by atoms with van der Waals surface area (Å²) in [5.41, 5.74) is 6.84. The van der Waals surface area contributed by atoms with Crippen molar-refractivity contribution < 1.29 is 14.4 Å². The first-order valence-corrected chi connectivity index (χ1v) is 8.58. The Hall–Kier alpha value is -2.57. The summed E-state index contributed by atoms with van der Waals surface area (Å²) in [5, 5.41) is 5.51. The number of likely N-dealkylation sites (tertiary alicyclic amines) is 1. The molecule has 1 atom stereocenters. The molecule has 7 nitrogen and oxygen atoms in total. The fourth-order valence-corrected chi connectivity index (χ4v) is 2.84. The van der Waals surface area contributed by atoms with E-state index in [9.17, 15) is 14.4 Å². The molecule has 0 unspecified atom stereocenters. The lowest BCUT2D eigenvalue weighted by molar-refractivity contribution is -0.123. The highest BCUT2D eigenvalue weighted by atomic mass is 16.2. The monoisotopic (exact) mass is 346 g/mol. The molecular formula is C18H26N4O3. The maximum atomic E-state index is 12.6. The second kappa shape index (κ2) is 8.50. The summed E-state index contributed by atoms with van der Waals surface area (Å²) in [7, 11) is 0. The number of nitrogens with two attached hydrogens (primary N) is 1. The average molecular weight is 346 g/mol. The van der Waals surface area contributed by atoms with Crippen molar-refractivity contribution in [2.45, 2.75) is 39.3 Å². The van der Waals surface area contributed by atoms with Gasteiger partial charge in [0.15, 0.2) is 0 Å². The molecule has 1 aromatic carbocycles. The van der Waals surface area contributed by atoms with Crippen LogP contribution in [0.25, 0.3) is 0 Å². The van der Waals surface area contributed by atoms with E-state index in [-0.39, 0.29) is 29.8 Å². The standard InChI is InChI=1S/C18H26N4O3/c1-12(2)21-18(25)20-10-13-5-7-14(8-6-13)17(24)22-9-3-4-15(11-22)16(19)23/h5-8,12,15H,3-4,9-11H2,1-2H3,(H2,19,23)(H2,20,21,25)/t15-/m1/s1. The molecule has 25 heavy (non-hydrogen) atoms. The molecule has 4 amide bonds.